The van der Waals surface area contributed by atoms with Crippen molar-refractivity contribution in [3.8, 4) is 0 Å². The number of hydrogen-bond acceptors (Lipinski definition) is 6. The molecule has 3 N–H and O–H groups in total. The summed E-state index contributed by atoms with van der Waals surface area (Å²) in [5, 5.41) is 6.29. The number of carbonyl (C=O) groups excluding carboxylic acids is 3. The van der Waals surface area contributed by atoms with Gasteiger partial charge < -0.3 is 20.3 Å². The van der Waals surface area contributed by atoms with Gasteiger partial charge in [0.2, 0.25) is 17.7 Å². The third-order valence-corrected chi connectivity index (χ3v) is 6.73. The molecule has 1 heterocycles. The quantitative estimate of drug-likeness (QED) is 0.283. The van der Waals surface area contributed by atoms with E-state index >= 15 is 0 Å². The Morgan fingerprint density at radius 2 is 1.69 bits per heavy atom. The van der Waals surface area contributed by atoms with Gasteiger partial charge in [-0.15, -0.1) is 0 Å². The van der Waals surface area contributed by atoms with E-state index in [1.165, 1.54) is 0 Å². The Balaban J connectivity index is 2.03. The SMILES string of the molecule is CC(C)COC(C)ONC(=O)C[C@@H](CC1CCCC1)C(=O)NC(C(=O)N1CCNCC1)C(C)(C)C. The number of amides is 3. The Labute approximate surface area is 211 Å². The molecule has 0 radical (unpaired) electrons. The lowest BCUT2D eigenvalue weighted by Crippen LogP contribution is -2.59. The Kier molecular flexibility index (Phi) is 11.9. The van der Waals surface area contributed by atoms with Crippen LogP contribution >= 0.6 is 0 Å². The van der Waals surface area contributed by atoms with E-state index in [0.717, 1.165) is 38.8 Å². The summed E-state index contributed by atoms with van der Waals surface area (Å²) in [6.45, 7) is 15.0. The molecule has 2 fully saturated rings. The second-order valence-corrected chi connectivity index (χ2v) is 11.6. The Bertz CT molecular complexity index is 682. The molecule has 35 heavy (non-hydrogen) atoms. The van der Waals surface area contributed by atoms with Crippen LogP contribution in [-0.2, 0) is 24.0 Å². The standard InChI is InChI=1S/C26H48N4O5/c1-18(2)17-34-19(3)35-29-22(31)16-21(15-20-9-7-8-10-20)24(32)28-23(26(4,5)6)25(33)30-13-11-27-12-14-30/h18-21,23,27H,7-17H2,1-6H3,(H,28,32)(H,29,31)/t19?,21-,23?/m1/s1. The zero-order valence-electron chi connectivity index (χ0n) is 22.7. The highest BCUT2D eigenvalue weighted by Gasteiger charge is 2.38. The van der Waals surface area contributed by atoms with Crippen molar-refractivity contribution in [3.05, 3.63) is 0 Å². The fraction of sp³-hybridized carbons (Fsp3) is 0.885. The zero-order valence-corrected chi connectivity index (χ0v) is 22.7. The van der Waals surface area contributed by atoms with Gasteiger partial charge in [-0.25, -0.2) is 10.3 Å². The fourth-order valence-corrected chi connectivity index (χ4v) is 4.68. The van der Waals surface area contributed by atoms with E-state index in [0.29, 0.717) is 38.0 Å². The number of nitrogens with zero attached hydrogens (tertiary/aromatic N) is 1. The molecule has 1 saturated heterocycles. The molecule has 1 saturated carbocycles. The zero-order chi connectivity index (χ0) is 26.0. The van der Waals surface area contributed by atoms with E-state index in [9.17, 15) is 14.4 Å². The van der Waals surface area contributed by atoms with Gasteiger partial charge in [0.05, 0.1) is 6.61 Å². The molecule has 0 aromatic carbocycles. The third kappa shape index (κ3) is 10.4. The summed E-state index contributed by atoms with van der Waals surface area (Å²) < 4.78 is 5.53. The second kappa shape index (κ2) is 14.1. The summed E-state index contributed by atoms with van der Waals surface area (Å²) in [6.07, 6.45) is 4.53. The molecule has 3 amide bonds. The van der Waals surface area contributed by atoms with Crippen LogP contribution in [0.2, 0.25) is 0 Å². The van der Waals surface area contributed by atoms with E-state index in [1.54, 1.807) is 6.92 Å². The van der Waals surface area contributed by atoms with Gasteiger partial charge in [-0.1, -0.05) is 60.3 Å². The van der Waals surface area contributed by atoms with Crippen LogP contribution in [0.15, 0.2) is 0 Å². The van der Waals surface area contributed by atoms with Crippen molar-refractivity contribution in [3.63, 3.8) is 0 Å². The number of ether oxygens (including phenoxy) is 1. The number of hydroxylamine groups is 1. The summed E-state index contributed by atoms with van der Waals surface area (Å²) >= 11 is 0. The van der Waals surface area contributed by atoms with Crippen LogP contribution in [0.4, 0.5) is 0 Å². The number of nitrogens with one attached hydrogen (secondary N) is 3. The number of piperazine rings is 1. The van der Waals surface area contributed by atoms with Crippen LogP contribution in [0.1, 0.15) is 80.1 Å². The van der Waals surface area contributed by atoms with E-state index < -0.39 is 23.7 Å². The Morgan fingerprint density at radius 3 is 2.26 bits per heavy atom. The van der Waals surface area contributed by atoms with Gasteiger partial charge in [-0.05, 0) is 30.6 Å². The molecule has 1 aliphatic heterocycles. The van der Waals surface area contributed by atoms with Gasteiger partial charge >= 0.3 is 0 Å². The van der Waals surface area contributed by atoms with Gasteiger partial charge in [0.25, 0.3) is 0 Å². The largest absolute Gasteiger partial charge is 0.350 e. The molecular formula is C26H48N4O5. The molecule has 0 aromatic heterocycles. The summed E-state index contributed by atoms with van der Waals surface area (Å²) in [6, 6.07) is -0.650. The van der Waals surface area contributed by atoms with Crippen LogP contribution in [-0.4, -0.2) is 67.7 Å². The lowest BCUT2D eigenvalue weighted by atomic mass is 9.84. The smallest absolute Gasteiger partial charge is 0.245 e. The van der Waals surface area contributed by atoms with Gasteiger partial charge in [0.1, 0.15) is 6.04 Å². The predicted molar refractivity (Wildman–Crippen MR) is 135 cm³/mol. The summed E-state index contributed by atoms with van der Waals surface area (Å²) in [5.41, 5.74) is 1.99. The predicted octanol–water partition coefficient (Wildman–Crippen LogP) is 2.60. The molecule has 2 aliphatic rings. The first-order chi connectivity index (χ1) is 16.5. The molecule has 2 unspecified atom stereocenters. The van der Waals surface area contributed by atoms with Crippen LogP contribution in [0.25, 0.3) is 0 Å². The highest BCUT2D eigenvalue weighted by molar-refractivity contribution is 5.91. The minimum Gasteiger partial charge on any atom is -0.350 e. The van der Waals surface area contributed by atoms with Crippen LogP contribution in [0.5, 0.6) is 0 Å². The van der Waals surface area contributed by atoms with E-state index in [4.69, 9.17) is 9.57 Å². The highest BCUT2D eigenvalue weighted by Crippen LogP contribution is 2.32. The first-order valence-electron chi connectivity index (χ1n) is 13.3. The molecule has 202 valence electrons. The maximum absolute atomic E-state index is 13.5. The van der Waals surface area contributed by atoms with Crippen LogP contribution < -0.4 is 16.1 Å². The van der Waals surface area contributed by atoms with Crippen molar-refractivity contribution in [2.45, 2.75) is 92.4 Å². The summed E-state index contributed by atoms with van der Waals surface area (Å²) in [5.74, 6) is -0.394. The highest BCUT2D eigenvalue weighted by atomic mass is 16.8. The molecular weight excluding hydrogens is 448 g/mol. The van der Waals surface area contributed by atoms with Crippen LogP contribution in [0.3, 0.4) is 0 Å². The molecule has 0 bridgehead atoms. The molecule has 3 atom stereocenters. The van der Waals surface area contributed by atoms with Gasteiger partial charge in [0, 0.05) is 38.5 Å². The van der Waals surface area contributed by atoms with Crippen molar-refractivity contribution in [1.29, 1.82) is 0 Å². The van der Waals surface area contributed by atoms with Gasteiger partial charge in [0.15, 0.2) is 6.29 Å². The molecule has 0 spiro atoms. The Morgan fingerprint density at radius 1 is 1.06 bits per heavy atom. The minimum atomic E-state index is -0.650. The first-order valence-corrected chi connectivity index (χ1v) is 13.3. The number of carbonyl (C=O) groups is 3. The average molecular weight is 497 g/mol. The molecule has 0 aromatic rings. The third-order valence-electron chi connectivity index (χ3n) is 6.73. The lowest BCUT2D eigenvalue weighted by Gasteiger charge is -2.37. The average Bonchev–Trinajstić information content (AvgIpc) is 3.31. The van der Waals surface area contributed by atoms with Crippen LogP contribution in [0, 0.1) is 23.2 Å². The van der Waals surface area contributed by atoms with Gasteiger partial charge in [-0.3, -0.25) is 14.4 Å². The van der Waals surface area contributed by atoms with Crippen molar-refractivity contribution in [2.75, 3.05) is 32.8 Å². The topological polar surface area (TPSA) is 109 Å². The normalized spacial score (nSPS) is 19.9. The number of rotatable bonds is 12. The minimum absolute atomic E-state index is 0.0118. The van der Waals surface area contributed by atoms with Crippen molar-refractivity contribution >= 4 is 17.7 Å². The van der Waals surface area contributed by atoms with Crippen molar-refractivity contribution in [2.24, 2.45) is 23.2 Å². The van der Waals surface area contributed by atoms with Crippen molar-refractivity contribution in [1.82, 2.24) is 21.0 Å². The van der Waals surface area contributed by atoms with E-state index in [1.807, 2.05) is 39.5 Å². The van der Waals surface area contributed by atoms with Gasteiger partial charge in [-0.2, -0.15) is 0 Å². The van der Waals surface area contributed by atoms with E-state index in [2.05, 4.69) is 16.1 Å². The molecule has 1 aliphatic carbocycles. The molecule has 2 rings (SSSR count). The first kappa shape index (κ1) is 29.5. The summed E-state index contributed by atoms with van der Waals surface area (Å²) in [7, 11) is 0. The summed E-state index contributed by atoms with van der Waals surface area (Å²) in [4.78, 5) is 46.7. The maximum Gasteiger partial charge on any atom is 0.245 e. The monoisotopic (exact) mass is 496 g/mol. The fourth-order valence-electron chi connectivity index (χ4n) is 4.68. The number of hydrogen-bond donors (Lipinski definition) is 3. The second-order valence-electron chi connectivity index (χ2n) is 11.6. The maximum atomic E-state index is 13.5. The van der Waals surface area contributed by atoms with Crippen molar-refractivity contribution < 1.29 is 24.0 Å². The van der Waals surface area contributed by atoms with E-state index in [-0.39, 0.29) is 24.1 Å². The Hall–Kier alpha value is -1.71. The lowest BCUT2D eigenvalue weighted by molar-refractivity contribution is -0.183. The molecule has 9 nitrogen and oxygen atoms in total. The molecule has 9 heteroatoms.